The minimum absolute atomic E-state index is 0.157. The fourth-order valence-electron chi connectivity index (χ4n) is 7.28. The van der Waals surface area contributed by atoms with Crippen LogP contribution in [-0.2, 0) is 27.4 Å². The van der Waals surface area contributed by atoms with Gasteiger partial charge in [0.1, 0.15) is 5.78 Å². The number of benzene rings is 2. The Morgan fingerprint density at radius 2 is 1.02 bits per heavy atom. The third-order valence-electron chi connectivity index (χ3n) is 10.2. The zero-order valence-corrected chi connectivity index (χ0v) is 35.2. The zero-order chi connectivity index (χ0) is 43.0. The number of H-pyrrole nitrogens is 2. The summed E-state index contributed by atoms with van der Waals surface area (Å²) in [6, 6.07) is 7.95. The quantitative estimate of drug-likeness (QED) is 0.0780. The van der Waals surface area contributed by atoms with Crippen molar-refractivity contribution in [2.24, 2.45) is 0 Å². The van der Waals surface area contributed by atoms with Crippen molar-refractivity contribution in [3.63, 3.8) is 0 Å². The average molecular weight is 811 g/mol. The van der Waals surface area contributed by atoms with E-state index in [2.05, 4.69) is 34.6 Å². The number of hydrogen-bond acceptors (Lipinski definition) is 13. The van der Waals surface area contributed by atoms with Crippen LogP contribution in [0.3, 0.4) is 0 Å². The Bertz CT molecular complexity index is 2640. The molecule has 59 heavy (non-hydrogen) atoms. The first-order valence-electron chi connectivity index (χ1n) is 19.9. The molecule has 4 heterocycles. The molecule has 0 radical (unpaired) electrons. The molecule has 17 heteroatoms. The molecule has 0 amide bonds. The van der Waals surface area contributed by atoms with Gasteiger partial charge in [-0.2, -0.15) is 9.97 Å². The van der Waals surface area contributed by atoms with E-state index < -0.39 is 22.5 Å². The molecular formula is C42H54N10O7. The van der Waals surface area contributed by atoms with Gasteiger partial charge < -0.3 is 28.5 Å². The highest BCUT2D eigenvalue weighted by Gasteiger charge is 2.21. The maximum absolute atomic E-state index is 12.3. The van der Waals surface area contributed by atoms with Gasteiger partial charge in [0.15, 0.2) is 23.0 Å². The molecule has 0 aromatic heterocycles. The summed E-state index contributed by atoms with van der Waals surface area (Å²) < 4.78 is 8.49. The molecule has 0 spiro atoms. The van der Waals surface area contributed by atoms with E-state index in [9.17, 15) is 28.8 Å². The van der Waals surface area contributed by atoms with Crippen LogP contribution in [0.1, 0.15) is 82.3 Å². The number of nitrogens with zero attached hydrogens (tertiary/aromatic N) is 8. The summed E-state index contributed by atoms with van der Waals surface area (Å²) in [4.78, 5) is 96.2. The van der Waals surface area contributed by atoms with Gasteiger partial charge in [0.25, 0.3) is 11.1 Å². The van der Waals surface area contributed by atoms with E-state index >= 15 is 0 Å². The molecule has 0 bridgehead atoms. The molecule has 17 nitrogen and oxygen atoms in total. The summed E-state index contributed by atoms with van der Waals surface area (Å²) >= 11 is 0. The van der Waals surface area contributed by atoms with Crippen molar-refractivity contribution in [1.82, 2.24) is 39.0 Å². The molecule has 0 saturated carbocycles. The van der Waals surface area contributed by atoms with Crippen LogP contribution < -0.4 is 32.3 Å². The van der Waals surface area contributed by atoms with E-state index in [1.165, 1.54) is 7.11 Å². The Kier molecular flexibility index (Phi) is 14.5. The van der Waals surface area contributed by atoms with Crippen molar-refractivity contribution in [2.45, 2.75) is 98.1 Å². The highest BCUT2D eigenvalue weighted by molar-refractivity contribution is 5.85. The molecule has 2 aromatic carbocycles. The Labute approximate surface area is 341 Å². The molecule has 4 aliphatic rings. The fourth-order valence-corrected chi connectivity index (χ4v) is 7.28. The molecule has 0 fully saturated rings. The third-order valence-corrected chi connectivity index (χ3v) is 10.2. The summed E-state index contributed by atoms with van der Waals surface area (Å²) in [5, 5.41) is 0. The molecule has 314 valence electrons. The topological polar surface area (TPSA) is 211 Å². The lowest BCUT2D eigenvalue weighted by atomic mass is 10.1. The van der Waals surface area contributed by atoms with Gasteiger partial charge in [0.2, 0.25) is 0 Å². The number of fused-ring (bicyclic) bond motifs is 4. The van der Waals surface area contributed by atoms with Crippen molar-refractivity contribution in [3.05, 3.63) is 77.1 Å². The number of methoxy groups -OCH3 is 1. The predicted octanol–water partition coefficient (Wildman–Crippen LogP) is 4.58. The first-order chi connectivity index (χ1) is 28.1. The summed E-state index contributed by atoms with van der Waals surface area (Å²) in [5.74, 6) is 0.611. The standard InChI is InChI=1S/C21H27N5O4.C21H27N5O3/c1-13-11-14-16(12-15(13)25(2)3)26(10-8-6-5-7-9-17(27)30-4)19-18(22-14)20(28)24-21(29)23-19;1-13-11-15-17(12-16(13)25(3)4)26(10-8-6-5-7-9-14(2)27)19-18(22-15)20(28)24-21(29)23-19/h11-12H,5-10H2,1-4H3,(H,24,28,29);11-12H,5-10H2,1-4H3,(H,24,28,29). The highest BCUT2D eigenvalue weighted by atomic mass is 16.5. The van der Waals surface area contributed by atoms with Crippen LogP contribution in [0.5, 0.6) is 0 Å². The summed E-state index contributed by atoms with van der Waals surface area (Å²) in [5.41, 5.74) is 5.13. The predicted molar refractivity (Wildman–Crippen MR) is 229 cm³/mol. The van der Waals surface area contributed by atoms with Crippen LogP contribution in [0.25, 0.3) is 45.1 Å². The molecular weight excluding hydrogens is 757 g/mol. The molecule has 0 unspecified atom stereocenters. The zero-order valence-electron chi connectivity index (χ0n) is 35.2. The monoisotopic (exact) mass is 810 g/mol. The highest BCUT2D eigenvalue weighted by Crippen LogP contribution is 2.30. The first-order valence-corrected chi connectivity index (χ1v) is 19.9. The van der Waals surface area contributed by atoms with Crippen molar-refractivity contribution in [1.29, 1.82) is 0 Å². The second-order valence-corrected chi connectivity index (χ2v) is 15.3. The van der Waals surface area contributed by atoms with E-state index in [1.807, 2.05) is 85.2 Å². The number of nitrogens with one attached hydrogen (secondary N) is 2. The molecule has 4 aliphatic heterocycles. The van der Waals surface area contributed by atoms with Crippen molar-refractivity contribution >= 4 is 45.2 Å². The number of aryl methyl sites for hydroxylation is 4. The molecule has 0 aliphatic carbocycles. The van der Waals surface area contributed by atoms with Crippen LogP contribution in [0, 0.1) is 13.8 Å². The van der Waals surface area contributed by atoms with E-state index in [4.69, 9.17) is 0 Å². The van der Waals surface area contributed by atoms with Crippen molar-refractivity contribution in [2.75, 3.05) is 45.1 Å². The first kappa shape index (κ1) is 43.9. The molecule has 0 atom stereocenters. The number of anilines is 2. The number of carbonyl (C=O) groups excluding carboxylic acids is 2. The number of aromatic nitrogens is 8. The van der Waals surface area contributed by atoms with Crippen molar-refractivity contribution < 1.29 is 14.3 Å². The Morgan fingerprint density at radius 1 is 0.610 bits per heavy atom. The number of ether oxygens (including phenoxy) is 1. The lowest BCUT2D eigenvalue weighted by Gasteiger charge is -2.21. The van der Waals surface area contributed by atoms with E-state index in [-0.39, 0.29) is 23.1 Å². The minimum Gasteiger partial charge on any atom is -0.469 e. The van der Waals surface area contributed by atoms with Crippen LogP contribution in [0.2, 0.25) is 0 Å². The van der Waals surface area contributed by atoms with Crippen LogP contribution >= 0.6 is 0 Å². The third kappa shape index (κ3) is 10.6. The smallest absolute Gasteiger partial charge is 0.349 e. The number of Topliss-reactive ketones (excluding diaryl/α,β-unsaturated/α-hetero) is 1. The average Bonchev–Trinajstić information content (AvgIpc) is 3.16. The van der Waals surface area contributed by atoms with Gasteiger partial charge in [0, 0.05) is 65.5 Å². The van der Waals surface area contributed by atoms with E-state index in [0.717, 1.165) is 84.9 Å². The molecule has 2 aromatic rings. The van der Waals surface area contributed by atoms with Crippen molar-refractivity contribution in [3.8, 4) is 23.0 Å². The van der Waals surface area contributed by atoms with Gasteiger partial charge in [-0.3, -0.25) is 24.4 Å². The summed E-state index contributed by atoms with van der Waals surface area (Å²) in [6.45, 7) is 6.80. The summed E-state index contributed by atoms with van der Waals surface area (Å²) in [6.07, 6.45) is 8.03. The van der Waals surface area contributed by atoms with Crippen LogP contribution in [0.4, 0.5) is 11.4 Å². The largest absolute Gasteiger partial charge is 0.469 e. The van der Waals surface area contributed by atoms with E-state index in [0.29, 0.717) is 48.6 Å². The van der Waals surface area contributed by atoms with Gasteiger partial charge >= 0.3 is 17.3 Å². The van der Waals surface area contributed by atoms with Crippen LogP contribution in [0.15, 0.2) is 43.4 Å². The number of unbranched alkanes of at least 4 members (excludes halogenated alkanes) is 6. The van der Waals surface area contributed by atoms with Gasteiger partial charge in [0.05, 0.1) is 29.2 Å². The number of aromatic amines is 2. The summed E-state index contributed by atoms with van der Waals surface area (Å²) in [7, 11) is 9.27. The molecule has 6 rings (SSSR count). The SMILES string of the molecule is CC(=O)CCCCCCn1c2nc(=O)[nH]c(=O)c-2nc2cc(C)c(N(C)C)cc21.COC(=O)CCCCCCn1c2nc(=O)[nH]c(=O)c-2nc2cc(C)c(N(C)C)cc21. The Balaban J connectivity index is 0.000000224. The van der Waals surface area contributed by atoms with Gasteiger partial charge in [-0.25, -0.2) is 19.6 Å². The van der Waals surface area contributed by atoms with E-state index in [1.54, 1.807) is 6.92 Å². The second kappa shape index (κ2) is 19.5. The number of rotatable bonds is 16. The van der Waals surface area contributed by atoms with Gasteiger partial charge in [-0.15, -0.1) is 0 Å². The molecule has 2 N–H and O–H groups in total. The number of hydrogen-bond donors (Lipinski definition) is 2. The Morgan fingerprint density at radius 3 is 1.41 bits per heavy atom. The lowest BCUT2D eigenvalue weighted by molar-refractivity contribution is -0.140. The normalized spacial score (nSPS) is 11.3. The number of esters is 1. The fraction of sp³-hybridized carbons (Fsp3) is 0.476. The van der Waals surface area contributed by atoms with Gasteiger partial charge in [-0.05, 0) is 81.8 Å². The second-order valence-electron chi connectivity index (χ2n) is 15.3. The Hall–Kier alpha value is -6.26. The van der Waals surface area contributed by atoms with Crippen LogP contribution in [-0.4, -0.2) is 86.1 Å². The maximum Gasteiger partial charge on any atom is 0.349 e. The number of carbonyl (C=O) groups is 2. The molecule has 0 saturated heterocycles. The van der Waals surface area contributed by atoms with Gasteiger partial charge in [-0.1, -0.05) is 25.7 Å². The maximum atomic E-state index is 12.3. The number of ketones is 1. The minimum atomic E-state index is -0.680. The lowest BCUT2D eigenvalue weighted by Crippen LogP contribution is -2.29.